The van der Waals surface area contributed by atoms with Gasteiger partial charge in [-0.1, -0.05) is 0 Å². The molecule has 1 amide bonds. The van der Waals surface area contributed by atoms with Crippen LogP contribution in [-0.2, 0) is 4.79 Å². The summed E-state index contributed by atoms with van der Waals surface area (Å²) in [4.78, 5) is 25.5. The molecule has 0 saturated heterocycles. The Morgan fingerprint density at radius 2 is 2.00 bits per heavy atom. The van der Waals surface area contributed by atoms with Crippen LogP contribution in [0.4, 0.5) is 0 Å². The van der Waals surface area contributed by atoms with E-state index in [0.717, 1.165) is 12.1 Å². The lowest BCUT2D eigenvalue weighted by Crippen LogP contribution is -2.30. The van der Waals surface area contributed by atoms with Crippen LogP contribution in [0.2, 0.25) is 0 Å². The minimum absolute atomic E-state index is 0.289. The zero-order chi connectivity index (χ0) is 11.0. The first-order valence-corrected chi connectivity index (χ1v) is 4.68. The zero-order valence-electron chi connectivity index (χ0n) is 8.98. The van der Waals surface area contributed by atoms with E-state index < -0.39 is 0 Å². The van der Waals surface area contributed by atoms with E-state index in [4.69, 9.17) is 0 Å². The van der Waals surface area contributed by atoms with E-state index in [-0.39, 0.29) is 5.91 Å². The number of carbonyl (C=O) groups is 1. The Morgan fingerprint density at radius 3 is 2.67 bits per heavy atom. The molecular weight excluding hydrogens is 192 g/mol. The monoisotopic (exact) mass is 204 g/mol. The molecule has 0 atom stereocenters. The van der Waals surface area contributed by atoms with Crippen molar-refractivity contribution in [1.29, 1.82) is 0 Å². The summed E-state index contributed by atoms with van der Waals surface area (Å²) in [5.41, 5.74) is 2.02. The van der Waals surface area contributed by atoms with Crippen molar-refractivity contribution in [3.05, 3.63) is 11.8 Å². The molecule has 0 aromatic carbocycles. The number of nitrogens with zero attached hydrogens (tertiary/aromatic N) is 4. The highest BCUT2D eigenvalue weighted by molar-refractivity contribution is 6.73. The van der Waals surface area contributed by atoms with Crippen LogP contribution in [0.5, 0.6) is 0 Å². The molecule has 5 heteroatoms. The highest BCUT2D eigenvalue weighted by Gasteiger charge is 2.28. The highest BCUT2D eigenvalue weighted by atomic mass is 16.1. The molecule has 5 nitrogen and oxygen atoms in total. The third-order valence-electron chi connectivity index (χ3n) is 2.10. The van der Waals surface area contributed by atoms with Crippen molar-refractivity contribution >= 4 is 23.2 Å². The van der Waals surface area contributed by atoms with Gasteiger partial charge in [-0.05, 0) is 21.0 Å². The van der Waals surface area contributed by atoms with E-state index in [1.54, 1.807) is 13.1 Å². The molecule has 0 aliphatic carbocycles. The lowest BCUT2D eigenvalue weighted by atomic mass is 10.1. The summed E-state index contributed by atoms with van der Waals surface area (Å²) in [5, 5.41) is 0. The van der Waals surface area contributed by atoms with Crippen LogP contribution in [-0.4, -0.2) is 48.7 Å². The van der Waals surface area contributed by atoms with Gasteiger partial charge in [0.25, 0.3) is 5.91 Å². The van der Waals surface area contributed by atoms with Gasteiger partial charge in [0.2, 0.25) is 0 Å². The van der Waals surface area contributed by atoms with Crippen LogP contribution in [0.25, 0.3) is 0 Å². The topological polar surface area (TPSA) is 57.4 Å². The Morgan fingerprint density at radius 1 is 1.27 bits per heavy atom. The summed E-state index contributed by atoms with van der Waals surface area (Å²) in [5.74, 6) is 0.211. The van der Waals surface area contributed by atoms with Crippen LogP contribution in [0, 0.1) is 0 Å². The Kier molecular flexibility index (Phi) is 2.32. The molecule has 0 aromatic heterocycles. The van der Waals surface area contributed by atoms with E-state index >= 15 is 0 Å². The molecule has 78 valence electrons. The molecule has 0 radical (unpaired) electrons. The maximum absolute atomic E-state index is 11.5. The standard InChI is InChI=1S/C10H12N4O/c1-6-12-8-7(5-14(2)3)4-11-9(8)10(15)13-6/h4H,5H2,1-3H3. The van der Waals surface area contributed by atoms with Crippen molar-refractivity contribution < 1.29 is 4.79 Å². The summed E-state index contributed by atoms with van der Waals surface area (Å²) in [7, 11) is 3.93. The molecule has 0 saturated carbocycles. The Balaban J connectivity index is 2.30. The highest BCUT2D eigenvalue weighted by Crippen LogP contribution is 2.15. The van der Waals surface area contributed by atoms with Gasteiger partial charge in [0.1, 0.15) is 11.5 Å². The molecule has 0 spiro atoms. The second kappa shape index (κ2) is 3.51. The quantitative estimate of drug-likeness (QED) is 0.649. The average Bonchev–Trinajstić information content (AvgIpc) is 2.48. The molecule has 2 aliphatic rings. The van der Waals surface area contributed by atoms with Crippen molar-refractivity contribution in [2.75, 3.05) is 20.6 Å². The average molecular weight is 204 g/mol. The van der Waals surface area contributed by atoms with E-state index in [0.29, 0.717) is 17.3 Å². The van der Waals surface area contributed by atoms with Gasteiger partial charge in [0.05, 0.1) is 0 Å². The van der Waals surface area contributed by atoms with Crippen LogP contribution in [0.15, 0.2) is 26.8 Å². The largest absolute Gasteiger partial charge is 0.305 e. The van der Waals surface area contributed by atoms with E-state index in [2.05, 4.69) is 15.0 Å². The number of amidine groups is 1. The number of aliphatic imine (C=N–C) groups is 3. The van der Waals surface area contributed by atoms with Crippen LogP contribution < -0.4 is 0 Å². The smallest absolute Gasteiger partial charge is 0.299 e. The van der Waals surface area contributed by atoms with Crippen LogP contribution in [0.1, 0.15) is 6.92 Å². The molecule has 0 N–H and O–H groups in total. The molecule has 0 aromatic rings. The molecule has 15 heavy (non-hydrogen) atoms. The lowest BCUT2D eigenvalue weighted by molar-refractivity contribution is -0.111. The van der Waals surface area contributed by atoms with Gasteiger partial charge in [-0.25, -0.2) is 9.98 Å². The number of amides is 1. The molecule has 2 aliphatic heterocycles. The fourth-order valence-corrected chi connectivity index (χ4v) is 1.54. The van der Waals surface area contributed by atoms with E-state index in [1.807, 2.05) is 19.0 Å². The number of hydrogen-bond acceptors (Lipinski definition) is 4. The van der Waals surface area contributed by atoms with Gasteiger partial charge >= 0.3 is 0 Å². The molecule has 0 fully saturated rings. The molecule has 2 rings (SSSR count). The van der Waals surface area contributed by atoms with Gasteiger partial charge in [-0.15, -0.1) is 0 Å². The van der Waals surface area contributed by atoms with E-state index in [1.165, 1.54) is 0 Å². The SMILES string of the molecule is CC1=NC(=O)C2=NC=C(CN(C)C)C2=N1. The third-order valence-corrected chi connectivity index (χ3v) is 2.10. The first-order chi connectivity index (χ1) is 7.08. The molecule has 0 unspecified atom stereocenters. The Hall–Kier alpha value is -1.62. The van der Waals surface area contributed by atoms with Gasteiger partial charge < -0.3 is 4.90 Å². The fraction of sp³-hybridized carbons (Fsp3) is 0.400. The first kappa shape index (κ1) is 9.92. The molecule has 0 bridgehead atoms. The summed E-state index contributed by atoms with van der Waals surface area (Å²) in [6.45, 7) is 2.44. The lowest BCUT2D eigenvalue weighted by Gasteiger charge is -2.13. The zero-order valence-corrected chi connectivity index (χ0v) is 8.98. The van der Waals surface area contributed by atoms with Crippen LogP contribution >= 0.6 is 0 Å². The minimum atomic E-state index is -0.289. The molecular formula is C10H12N4O. The normalized spacial score (nSPS) is 19.6. The van der Waals surface area contributed by atoms with Crippen LogP contribution in [0.3, 0.4) is 0 Å². The number of hydrogen-bond donors (Lipinski definition) is 0. The van der Waals surface area contributed by atoms with Crippen molar-refractivity contribution in [2.24, 2.45) is 15.0 Å². The van der Waals surface area contributed by atoms with Gasteiger partial charge in [0, 0.05) is 18.3 Å². The predicted molar refractivity (Wildman–Crippen MR) is 59.6 cm³/mol. The maximum atomic E-state index is 11.5. The van der Waals surface area contributed by atoms with Gasteiger partial charge in [-0.2, -0.15) is 4.99 Å². The van der Waals surface area contributed by atoms with Gasteiger partial charge in [-0.3, -0.25) is 4.79 Å². The minimum Gasteiger partial charge on any atom is -0.305 e. The number of rotatable bonds is 2. The van der Waals surface area contributed by atoms with Crippen molar-refractivity contribution in [3.8, 4) is 0 Å². The fourth-order valence-electron chi connectivity index (χ4n) is 1.54. The third kappa shape index (κ3) is 1.78. The Bertz CT molecular complexity index is 440. The second-order valence-corrected chi connectivity index (χ2v) is 3.79. The second-order valence-electron chi connectivity index (χ2n) is 3.79. The van der Waals surface area contributed by atoms with Crippen molar-refractivity contribution in [2.45, 2.75) is 6.92 Å². The predicted octanol–water partition coefficient (Wildman–Crippen LogP) is 0.286. The van der Waals surface area contributed by atoms with Crippen molar-refractivity contribution in [1.82, 2.24) is 4.90 Å². The summed E-state index contributed by atoms with van der Waals surface area (Å²) < 4.78 is 0. The number of fused-ring (bicyclic) bond motifs is 1. The van der Waals surface area contributed by atoms with Crippen molar-refractivity contribution in [3.63, 3.8) is 0 Å². The number of likely N-dealkylation sites (N-methyl/N-ethyl adjacent to an activating group) is 1. The Labute approximate surface area is 87.9 Å². The molecule has 2 heterocycles. The maximum Gasteiger partial charge on any atom is 0.299 e. The van der Waals surface area contributed by atoms with Gasteiger partial charge in [0.15, 0.2) is 5.71 Å². The first-order valence-electron chi connectivity index (χ1n) is 4.68. The summed E-state index contributed by atoms with van der Waals surface area (Å²) >= 11 is 0. The summed E-state index contributed by atoms with van der Waals surface area (Å²) in [6.07, 6.45) is 1.69. The summed E-state index contributed by atoms with van der Waals surface area (Å²) in [6, 6.07) is 0. The number of carbonyl (C=O) groups excluding carboxylic acids is 1. The van der Waals surface area contributed by atoms with E-state index in [9.17, 15) is 4.79 Å².